The number of amides is 1. The summed E-state index contributed by atoms with van der Waals surface area (Å²) in [5, 5.41) is 4.21. The molecule has 1 aromatic carbocycles. The van der Waals surface area contributed by atoms with Gasteiger partial charge in [0.05, 0.1) is 5.69 Å². The van der Waals surface area contributed by atoms with Gasteiger partial charge in [-0.2, -0.15) is 5.10 Å². The molecular formula is C19H23N5O. The van der Waals surface area contributed by atoms with E-state index in [0.717, 1.165) is 23.5 Å². The fourth-order valence-electron chi connectivity index (χ4n) is 2.80. The molecule has 0 saturated carbocycles. The number of carbonyl (C=O) groups is 1. The average Bonchev–Trinajstić information content (AvgIpc) is 3.31. The van der Waals surface area contributed by atoms with Gasteiger partial charge in [-0.25, -0.2) is 9.67 Å². The Balaban J connectivity index is 1.54. The van der Waals surface area contributed by atoms with Crippen LogP contribution in [0.15, 0.2) is 55.1 Å². The largest absolute Gasteiger partial charge is 0.341 e. The van der Waals surface area contributed by atoms with Crippen LogP contribution in [0.2, 0.25) is 0 Å². The van der Waals surface area contributed by atoms with Gasteiger partial charge in [0, 0.05) is 57.8 Å². The lowest BCUT2D eigenvalue weighted by atomic mass is 10.2. The van der Waals surface area contributed by atoms with E-state index in [0.29, 0.717) is 19.5 Å². The van der Waals surface area contributed by atoms with Gasteiger partial charge < -0.3 is 9.47 Å². The summed E-state index contributed by atoms with van der Waals surface area (Å²) in [7, 11) is 1.85. The molecule has 0 radical (unpaired) electrons. The van der Waals surface area contributed by atoms with Crippen molar-refractivity contribution < 1.29 is 4.79 Å². The topological polar surface area (TPSA) is 56.0 Å². The van der Waals surface area contributed by atoms with Gasteiger partial charge in [-0.05, 0) is 23.8 Å². The van der Waals surface area contributed by atoms with Gasteiger partial charge in [0.2, 0.25) is 5.91 Å². The summed E-state index contributed by atoms with van der Waals surface area (Å²) >= 11 is 0. The molecule has 0 bridgehead atoms. The van der Waals surface area contributed by atoms with Crippen LogP contribution in [0.25, 0.3) is 5.69 Å². The number of aromatic nitrogens is 4. The van der Waals surface area contributed by atoms with Crippen molar-refractivity contribution in [2.45, 2.75) is 32.9 Å². The predicted octanol–water partition coefficient (Wildman–Crippen LogP) is 2.68. The van der Waals surface area contributed by atoms with Crippen LogP contribution in [-0.2, 0) is 24.3 Å². The van der Waals surface area contributed by atoms with Crippen molar-refractivity contribution in [3.8, 4) is 5.69 Å². The maximum Gasteiger partial charge on any atom is 0.224 e. The van der Waals surface area contributed by atoms with Crippen LogP contribution in [0.5, 0.6) is 0 Å². The molecule has 6 nitrogen and oxygen atoms in total. The first-order chi connectivity index (χ1) is 12.2. The molecule has 0 fully saturated rings. The summed E-state index contributed by atoms with van der Waals surface area (Å²) in [5.74, 6) is 1.15. The first-order valence-electron chi connectivity index (χ1n) is 8.50. The molecule has 0 unspecified atom stereocenters. The van der Waals surface area contributed by atoms with E-state index in [4.69, 9.17) is 0 Å². The lowest BCUT2D eigenvalue weighted by Crippen LogP contribution is -2.27. The molecule has 130 valence electrons. The van der Waals surface area contributed by atoms with E-state index in [2.05, 4.69) is 17.0 Å². The van der Waals surface area contributed by atoms with Gasteiger partial charge >= 0.3 is 0 Å². The highest BCUT2D eigenvalue weighted by Gasteiger charge is 2.10. The van der Waals surface area contributed by atoms with E-state index < -0.39 is 0 Å². The Kier molecular flexibility index (Phi) is 5.28. The molecule has 0 N–H and O–H groups in total. The highest BCUT2D eigenvalue weighted by molar-refractivity contribution is 5.75. The number of imidazole rings is 1. The fraction of sp³-hybridized carbons (Fsp3) is 0.316. The number of carbonyl (C=O) groups excluding carboxylic acids is 1. The van der Waals surface area contributed by atoms with Crippen LogP contribution in [0.3, 0.4) is 0 Å². The minimum atomic E-state index is 0.131. The Morgan fingerprint density at radius 3 is 2.64 bits per heavy atom. The van der Waals surface area contributed by atoms with Crippen molar-refractivity contribution >= 4 is 5.91 Å². The molecule has 0 aliphatic heterocycles. The Hall–Kier alpha value is -2.89. The quantitative estimate of drug-likeness (QED) is 0.666. The van der Waals surface area contributed by atoms with E-state index in [1.807, 2.05) is 59.0 Å². The van der Waals surface area contributed by atoms with Crippen LogP contribution in [0.1, 0.15) is 24.7 Å². The maximum absolute atomic E-state index is 12.4. The Bertz CT molecular complexity index is 805. The lowest BCUT2D eigenvalue weighted by molar-refractivity contribution is -0.130. The third kappa shape index (κ3) is 4.15. The van der Waals surface area contributed by atoms with Crippen molar-refractivity contribution in [1.82, 2.24) is 24.2 Å². The van der Waals surface area contributed by atoms with Crippen LogP contribution in [0, 0.1) is 0 Å². The molecule has 2 aromatic heterocycles. The molecule has 6 heteroatoms. The molecule has 0 saturated heterocycles. The molecular weight excluding hydrogens is 314 g/mol. The monoisotopic (exact) mass is 337 g/mol. The normalized spacial score (nSPS) is 10.8. The predicted molar refractivity (Wildman–Crippen MR) is 96.3 cm³/mol. The van der Waals surface area contributed by atoms with E-state index in [9.17, 15) is 4.79 Å². The zero-order valence-corrected chi connectivity index (χ0v) is 14.7. The second-order valence-electron chi connectivity index (χ2n) is 6.01. The first kappa shape index (κ1) is 17.0. The summed E-state index contributed by atoms with van der Waals surface area (Å²) in [6.45, 7) is 3.34. The standard InChI is InChI=1S/C19H23N5O/c1-3-18-20-11-14-23(18)13-9-19(25)22(2)15-16-5-7-17(8-6-16)24-12-4-10-21-24/h4-8,10-12,14H,3,9,13,15H2,1-2H3. The number of aryl methyl sites for hydroxylation is 2. The van der Waals surface area contributed by atoms with Crippen LogP contribution in [-0.4, -0.2) is 37.2 Å². The zero-order chi connectivity index (χ0) is 17.6. The Morgan fingerprint density at radius 1 is 1.16 bits per heavy atom. The Morgan fingerprint density at radius 2 is 1.96 bits per heavy atom. The average molecular weight is 337 g/mol. The molecule has 25 heavy (non-hydrogen) atoms. The van der Waals surface area contributed by atoms with Gasteiger partial charge in [0.25, 0.3) is 0 Å². The fourth-order valence-corrected chi connectivity index (χ4v) is 2.80. The van der Waals surface area contributed by atoms with E-state index >= 15 is 0 Å². The van der Waals surface area contributed by atoms with Gasteiger partial charge in [0.1, 0.15) is 5.82 Å². The highest BCUT2D eigenvalue weighted by atomic mass is 16.2. The summed E-state index contributed by atoms with van der Waals surface area (Å²) < 4.78 is 3.86. The Labute approximate surface area is 147 Å². The van der Waals surface area contributed by atoms with Gasteiger partial charge in [-0.1, -0.05) is 19.1 Å². The first-order valence-corrected chi connectivity index (χ1v) is 8.50. The number of nitrogens with zero attached hydrogens (tertiary/aromatic N) is 5. The summed E-state index contributed by atoms with van der Waals surface area (Å²) in [6, 6.07) is 9.99. The number of benzene rings is 1. The van der Waals surface area contributed by atoms with Crippen molar-refractivity contribution in [3.63, 3.8) is 0 Å². The molecule has 0 aliphatic rings. The maximum atomic E-state index is 12.4. The van der Waals surface area contributed by atoms with Crippen LogP contribution >= 0.6 is 0 Å². The van der Waals surface area contributed by atoms with E-state index in [1.165, 1.54) is 0 Å². The molecule has 1 amide bonds. The molecule has 0 aliphatic carbocycles. The van der Waals surface area contributed by atoms with Crippen molar-refractivity contribution in [1.29, 1.82) is 0 Å². The van der Waals surface area contributed by atoms with Gasteiger partial charge in [-0.3, -0.25) is 4.79 Å². The SMILES string of the molecule is CCc1nccn1CCC(=O)N(C)Cc1ccc(-n2cccn2)cc1. The van der Waals surface area contributed by atoms with Gasteiger partial charge in [-0.15, -0.1) is 0 Å². The van der Waals surface area contributed by atoms with Crippen LogP contribution in [0.4, 0.5) is 0 Å². The minimum Gasteiger partial charge on any atom is -0.341 e. The van der Waals surface area contributed by atoms with E-state index in [1.54, 1.807) is 17.3 Å². The van der Waals surface area contributed by atoms with Gasteiger partial charge in [0.15, 0.2) is 0 Å². The lowest BCUT2D eigenvalue weighted by Gasteiger charge is -2.18. The number of hydrogen-bond donors (Lipinski definition) is 0. The zero-order valence-electron chi connectivity index (χ0n) is 14.7. The number of hydrogen-bond acceptors (Lipinski definition) is 3. The molecule has 3 aromatic rings. The third-order valence-corrected chi connectivity index (χ3v) is 4.24. The van der Waals surface area contributed by atoms with Crippen LogP contribution < -0.4 is 0 Å². The summed E-state index contributed by atoms with van der Waals surface area (Å²) in [5.41, 5.74) is 2.11. The summed E-state index contributed by atoms with van der Waals surface area (Å²) in [4.78, 5) is 18.4. The minimum absolute atomic E-state index is 0.131. The second kappa shape index (κ2) is 7.79. The smallest absolute Gasteiger partial charge is 0.224 e. The summed E-state index contributed by atoms with van der Waals surface area (Å²) in [6.07, 6.45) is 8.73. The van der Waals surface area contributed by atoms with Crippen molar-refractivity contribution in [2.24, 2.45) is 0 Å². The second-order valence-corrected chi connectivity index (χ2v) is 6.01. The number of rotatable bonds is 7. The molecule has 2 heterocycles. The molecule has 3 rings (SSSR count). The van der Waals surface area contributed by atoms with E-state index in [-0.39, 0.29) is 5.91 Å². The molecule has 0 atom stereocenters. The highest BCUT2D eigenvalue weighted by Crippen LogP contribution is 2.11. The van der Waals surface area contributed by atoms with Crippen molar-refractivity contribution in [2.75, 3.05) is 7.05 Å². The molecule has 0 spiro atoms. The third-order valence-electron chi connectivity index (χ3n) is 4.24. The van der Waals surface area contributed by atoms with Crippen molar-refractivity contribution in [3.05, 3.63) is 66.5 Å².